The van der Waals surface area contributed by atoms with Crippen LogP contribution in [0.15, 0.2) is 23.1 Å². The molecule has 0 aromatic heterocycles. The van der Waals surface area contributed by atoms with Crippen LogP contribution >= 0.6 is 11.8 Å². The third kappa shape index (κ3) is 3.84. The highest BCUT2D eigenvalue weighted by molar-refractivity contribution is 7.98. The molecule has 1 aliphatic carbocycles. The predicted molar refractivity (Wildman–Crippen MR) is 72.3 cm³/mol. The Morgan fingerprint density at radius 3 is 2.47 bits per heavy atom. The van der Waals surface area contributed by atoms with Crippen LogP contribution in [0.3, 0.4) is 0 Å². The van der Waals surface area contributed by atoms with E-state index in [4.69, 9.17) is 9.47 Å². The van der Waals surface area contributed by atoms with Crippen molar-refractivity contribution in [1.82, 2.24) is 0 Å². The van der Waals surface area contributed by atoms with E-state index in [-0.39, 0.29) is 5.60 Å². The molecule has 0 heterocycles. The van der Waals surface area contributed by atoms with E-state index in [0.29, 0.717) is 6.10 Å². The van der Waals surface area contributed by atoms with Gasteiger partial charge >= 0.3 is 0 Å². The summed E-state index contributed by atoms with van der Waals surface area (Å²) in [6.07, 6.45) is 4.85. The lowest BCUT2D eigenvalue weighted by Crippen LogP contribution is -2.22. The summed E-state index contributed by atoms with van der Waals surface area (Å²) in [5.41, 5.74) is -0.169. The molecule has 94 valence electrons. The number of benzene rings is 1. The molecular weight excluding hydrogens is 232 g/mol. The van der Waals surface area contributed by atoms with E-state index >= 15 is 0 Å². The first-order valence-corrected chi connectivity index (χ1v) is 7.24. The molecule has 3 heteroatoms. The minimum absolute atomic E-state index is 0.169. The van der Waals surface area contributed by atoms with Crippen LogP contribution in [0.4, 0.5) is 0 Å². The number of hydrogen-bond donors (Lipinski definition) is 0. The van der Waals surface area contributed by atoms with Gasteiger partial charge < -0.3 is 9.47 Å². The lowest BCUT2D eigenvalue weighted by molar-refractivity contribution is 0.130. The zero-order chi connectivity index (χ0) is 12.5. The van der Waals surface area contributed by atoms with E-state index in [1.807, 2.05) is 12.1 Å². The van der Waals surface area contributed by atoms with Crippen LogP contribution < -0.4 is 9.47 Å². The first kappa shape index (κ1) is 12.6. The summed E-state index contributed by atoms with van der Waals surface area (Å²) in [5.74, 6) is 1.84. The van der Waals surface area contributed by atoms with Crippen LogP contribution in [0.5, 0.6) is 11.5 Å². The van der Waals surface area contributed by atoms with Gasteiger partial charge in [0.05, 0.1) is 6.10 Å². The predicted octanol–water partition coefficient (Wildman–Crippen LogP) is 4.13. The molecule has 0 bridgehead atoms. The van der Waals surface area contributed by atoms with E-state index in [0.717, 1.165) is 11.5 Å². The summed E-state index contributed by atoms with van der Waals surface area (Å²) >= 11 is 1.71. The van der Waals surface area contributed by atoms with Crippen molar-refractivity contribution in [2.24, 2.45) is 0 Å². The normalized spacial score (nSPS) is 15.8. The largest absolute Gasteiger partial charge is 0.489 e. The van der Waals surface area contributed by atoms with Gasteiger partial charge in [-0.25, -0.2) is 0 Å². The van der Waals surface area contributed by atoms with Gasteiger partial charge in [0, 0.05) is 11.0 Å². The van der Waals surface area contributed by atoms with Crippen molar-refractivity contribution < 1.29 is 9.47 Å². The molecule has 2 nitrogen and oxygen atoms in total. The van der Waals surface area contributed by atoms with Crippen LogP contribution in [0.2, 0.25) is 0 Å². The molecule has 0 spiro atoms. The van der Waals surface area contributed by atoms with Crippen molar-refractivity contribution >= 4 is 11.8 Å². The molecule has 0 amide bonds. The standard InChI is InChI=1S/C14H20O2S/c1-14(2,3)16-11-7-8-13(17-4)12(9-11)15-10-5-6-10/h7-10H,5-6H2,1-4H3. The highest BCUT2D eigenvalue weighted by atomic mass is 32.2. The Balaban J connectivity index is 2.17. The topological polar surface area (TPSA) is 18.5 Å². The summed E-state index contributed by atoms with van der Waals surface area (Å²) < 4.78 is 11.8. The SMILES string of the molecule is CSc1ccc(OC(C)(C)C)cc1OC1CC1. The summed E-state index contributed by atoms with van der Waals surface area (Å²) in [6.45, 7) is 6.16. The van der Waals surface area contributed by atoms with Crippen molar-refractivity contribution in [2.45, 2.75) is 50.2 Å². The Hall–Kier alpha value is -0.830. The Labute approximate surface area is 108 Å². The second-order valence-corrected chi connectivity index (χ2v) is 6.19. The van der Waals surface area contributed by atoms with Gasteiger partial charge in [0.25, 0.3) is 0 Å². The fourth-order valence-corrected chi connectivity index (χ4v) is 2.04. The highest BCUT2D eigenvalue weighted by Crippen LogP contribution is 2.36. The van der Waals surface area contributed by atoms with Gasteiger partial charge in [-0.3, -0.25) is 0 Å². The average molecular weight is 252 g/mol. The molecular formula is C14H20O2S. The lowest BCUT2D eigenvalue weighted by atomic mass is 10.2. The molecule has 1 aromatic carbocycles. The summed E-state index contributed by atoms with van der Waals surface area (Å²) in [7, 11) is 0. The maximum Gasteiger partial charge on any atom is 0.136 e. The molecule has 17 heavy (non-hydrogen) atoms. The molecule has 1 fully saturated rings. The van der Waals surface area contributed by atoms with Gasteiger partial charge in [-0.05, 0) is 52.0 Å². The fourth-order valence-electron chi connectivity index (χ4n) is 1.53. The van der Waals surface area contributed by atoms with Gasteiger partial charge in [0.15, 0.2) is 0 Å². The molecule has 2 rings (SSSR count). The summed E-state index contributed by atoms with van der Waals surface area (Å²) in [5, 5.41) is 0. The van der Waals surface area contributed by atoms with E-state index in [1.54, 1.807) is 11.8 Å². The van der Waals surface area contributed by atoms with Gasteiger partial charge in [0.1, 0.15) is 17.1 Å². The van der Waals surface area contributed by atoms with E-state index < -0.39 is 0 Å². The van der Waals surface area contributed by atoms with Crippen LogP contribution in [-0.4, -0.2) is 18.0 Å². The Morgan fingerprint density at radius 1 is 1.24 bits per heavy atom. The molecule has 0 atom stereocenters. The van der Waals surface area contributed by atoms with Crippen molar-refractivity contribution in [1.29, 1.82) is 0 Å². The third-order valence-electron chi connectivity index (χ3n) is 2.38. The van der Waals surface area contributed by atoms with Crippen LogP contribution in [0, 0.1) is 0 Å². The monoisotopic (exact) mass is 252 g/mol. The molecule has 0 aliphatic heterocycles. The van der Waals surface area contributed by atoms with Crippen molar-refractivity contribution in [2.75, 3.05) is 6.26 Å². The zero-order valence-electron chi connectivity index (χ0n) is 10.9. The second kappa shape index (κ2) is 4.81. The van der Waals surface area contributed by atoms with E-state index in [2.05, 4.69) is 33.1 Å². The Morgan fingerprint density at radius 2 is 1.94 bits per heavy atom. The average Bonchev–Trinajstić information content (AvgIpc) is 3.00. The Kier molecular flexibility index (Phi) is 3.57. The van der Waals surface area contributed by atoms with Gasteiger partial charge in [-0.2, -0.15) is 0 Å². The quantitative estimate of drug-likeness (QED) is 0.751. The van der Waals surface area contributed by atoms with E-state index in [1.165, 1.54) is 17.7 Å². The fraction of sp³-hybridized carbons (Fsp3) is 0.571. The molecule has 1 aromatic rings. The smallest absolute Gasteiger partial charge is 0.136 e. The van der Waals surface area contributed by atoms with Crippen molar-refractivity contribution in [3.8, 4) is 11.5 Å². The number of ether oxygens (including phenoxy) is 2. The van der Waals surface area contributed by atoms with Crippen LogP contribution in [0.25, 0.3) is 0 Å². The maximum absolute atomic E-state index is 5.90. The second-order valence-electron chi connectivity index (χ2n) is 5.34. The minimum Gasteiger partial charge on any atom is -0.489 e. The summed E-state index contributed by atoms with van der Waals surface area (Å²) in [6, 6.07) is 6.09. The molecule has 1 aliphatic rings. The molecule has 0 saturated heterocycles. The maximum atomic E-state index is 5.90. The first-order chi connectivity index (χ1) is 7.98. The van der Waals surface area contributed by atoms with Crippen LogP contribution in [-0.2, 0) is 0 Å². The third-order valence-corrected chi connectivity index (χ3v) is 3.15. The zero-order valence-corrected chi connectivity index (χ0v) is 11.8. The van der Waals surface area contributed by atoms with Crippen molar-refractivity contribution in [3.63, 3.8) is 0 Å². The van der Waals surface area contributed by atoms with Crippen molar-refractivity contribution in [3.05, 3.63) is 18.2 Å². The van der Waals surface area contributed by atoms with E-state index in [9.17, 15) is 0 Å². The Bertz CT molecular complexity index is 392. The molecule has 1 saturated carbocycles. The number of rotatable bonds is 4. The summed E-state index contributed by atoms with van der Waals surface area (Å²) in [4.78, 5) is 1.18. The first-order valence-electron chi connectivity index (χ1n) is 6.01. The highest BCUT2D eigenvalue weighted by Gasteiger charge is 2.25. The van der Waals surface area contributed by atoms with Crippen LogP contribution in [0.1, 0.15) is 33.6 Å². The van der Waals surface area contributed by atoms with Gasteiger partial charge in [-0.1, -0.05) is 0 Å². The number of thioether (sulfide) groups is 1. The lowest BCUT2D eigenvalue weighted by Gasteiger charge is -2.22. The molecule has 0 radical (unpaired) electrons. The molecule has 0 N–H and O–H groups in total. The molecule has 0 unspecified atom stereocenters. The number of hydrogen-bond acceptors (Lipinski definition) is 3. The van der Waals surface area contributed by atoms with Gasteiger partial charge in [0.2, 0.25) is 0 Å². The minimum atomic E-state index is -0.169. The van der Waals surface area contributed by atoms with Gasteiger partial charge in [-0.15, -0.1) is 11.8 Å².